The summed E-state index contributed by atoms with van der Waals surface area (Å²) < 4.78 is 2.41. The van der Waals surface area contributed by atoms with Crippen LogP contribution in [0.25, 0.3) is 11.0 Å². The normalized spacial score (nSPS) is 23.0. The molecule has 3 nitrogen and oxygen atoms in total. The third-order valence-corrected chi connectivity index (χ3v) is 4.09. The number of fused-ring (bicyclic) bond motifs is 1. The molecule has 2 aromatic rings. The number of hydrogen-bond donors (Lipinski definition) is 1. The molecule has 0 spiro atoms. The molecule has 1 aliphatic carbocycles. The Hall–Kier alpha value is -1.35. The van der Waals surface area contributed by atoms with Crippen molar-refractivity contribution in [1.82, 2.24) is 9.55 Å². The van der Waals surface area contributed by atoms with E-state index in [2.05, 4.69) is 50.5 Å². The second-order valence-corrected chi connectivity index (χ2v) is 6.82. The van der Waals surface area contributed by atoms with Crippen molar-refractivity contribution in [2.75, 3.05) is 0 Å². The lowest BCUT2D eigenvalue weighted by molar-refractivity contribution is 0.393. The Morgan fingerprint density at radius 3 is 2.58 bits per heavy atom. The number of benzene rings is 1. The maximum atomic E-state index is 5.73. The minimum absolute atomic E-state index is 0.0661. The van der Waals surface area contributed by atoms with Crippen molar-refractivity contribution in [1.29, 1.82) is 0 Å². The summed E-state index contributed by atoms with van der Waals surface area (Å²) in [5, 5.41) is 0. The van der Waals surface area contributed by atoms with Gasteiger partial charge in [-0.05, 0) is 50.8 Å². The zero-order valence-corrected chi connectivity index (χ0v) is 12.3. The lowest BCUT2D eigenvalue weighted by Gasteiger charge is -2.25. The summed E-state index contributed by atoms with van der Waals surface area (Å²) in [7, 11) is 0. The van der Waals surface area contributed by atoms with Crippen LogP contribution in [-0.4, -0.2) is 9.55 Å². The van der Waals surface area contributed by atoms with Crippen molar-refractivity contribution in [3.05, 3.63) is 29.6 Å². The molecule has 1 fully saturated rings. The smallest absolute Gasteiger partial charge is 0.113 e. The maximum absolute atomic E-state index is 5.73. The van der Waals surface area contributed by atoms with Gasteiger partial charge in [0, 0.05) is 18.0 Å². The van der Waals surface area contributed by atoms with Gasteiger partial charge in [0.15, 0.2) is 0 Å². The Morgan fingerprint density at radius 2 is 2.05 bits per heavy atom. The molecule has 2 N–H and O–H groups in total. The molecule has 1 saturated carbocycles. The van der Waals surface area contributed by atoms with Crippen LogP contribution in [0.1, 0.15) is 51.4 Å². The minimum atomic E-state index is 0.0661. The molecule has 0 radical (unpaired) electrons. The summed E-state index contributed by atoms with van der Waals surface area (Å²) in [5.41, 5.74) is 9.28. The fraction of sp³-hybridized carbons (Fsp3) is 0.562. The molecule has 19 heavy (non-hydrogen) atoms. The zero-order chi connectivity index (χ0) is 13.8. The third-order valence-electron chi connectivity index (χ3n) is 4.09. The van der Waals surface area contributed by atoms with E-state index >= 15 is 0 Å². The van der Waals surface area contributed by atoms with E-state index < -0.39 is 0 Å². The van der Waals surface area contributed by atoms with Crippen LogP contribution in [0.3, 0.4) is 0 Å². The molecular formula is C16H23N3. The van der Waals surface area contributed by atoms with Crippen LogP contribution < -0.4 is 5.73 Å². The molecule has 1 aromatic carbocycles. The summed E-state index contributed by atoms with van der Waals surface area (Å²) in [4.78, 5) is 4.91. The Morgan fingerprint density at radius 1 is 1.37 bits per heavy atom. The van der Waals surface area contributed by atoms with E-state index in [0.29, 0.717) is 12.5 Å². The van der Waals surface area contributed by atoms with Gasteiger partial charge in [-0.15, -0.1) is 0 Å². The lowest BCUT2D eigenvalue weighted by atomic mass is 10.1. The average Bonchev–Trinajstić information content (AvgIpc) is 2.93. The molecular weight excluding hydrogens is 234 g/mol. The lowest BCUT2D eigenvalue weighted by Crippen LogP contribution is -2.24. The van der Waals surface area contributed by atoms with Gasteiger partial charge in [-0.2, -0.15) is 0 Å². The van der Waals surface area contributed by atoms with Crippen LogP contribution in [0.5, 0.6) is 0 Å². The highest BCUT2D eigenvalue weighted by Crippen LogP contribution is 2.48. The number of rotatable bonds is 2. The average molecular weight is 257 g/mol. The fourth-order valence-corrected chi connectivity index (χ4v) is 2.91. The predicted octanol–water partition coefficient (Wildman–Crippen LogP) is 3.37. The van der Waals surface area contributed by atoms with Crippen molar-refractivity contribution in [3.8, 4) is 0 Å². The van der Waals surface area contributed by atoms with Gasteiger partial charge >= 0.3 is 0 Å². The first kappa shape index (κ1) is 12.7. The first-order chi connectivity index (χ1) is 8.91. The number of aromatic nitrogens is 2. The third kappa shape index (κ3) is 2.06. The molecule has 0 bridgehead atoms. The largest absolute Gasteiger partial charge is 0.326 e. The second kappa shape index (κ2) is 4.07. The number of imidazole rings is 1. The van der Waals surface area contributed by atoms with E-state index in [0.717, 1.165) is 17.0 Å². The van der Waals surface area contributed by atoms with E-state index in [1.54, 1.807) is 0 Å². The molecule has 3 heteroatoms. The van der Waals surface area contributed by atoms with Gasteiger partial charge in [0.1, 0.15) is 5.82 Å². The fourth-order valence-electron chi connectivity index (χ4n) is 2.91. The second-order valence-electron chi connectivity index (χ2n) is 6.82. The van der Waals surface area contributed by atoms with Crippen LogP contribution in [0.2, 0.25) is 0 Å². The van der Waals surface area contributed by atoms with Crippen molar-refractivity contribution in [3.63, 3.8) is 0 Å². The van der Waals surface area contributed by atoms with E-state index in [-0.39, 0.29) is 5.54 Å². The quantitative estimate of drug-likeness (QED) is 0.896. The summed E-state index contributed by atoms with van der Waals surface area (Å²) in [5.74, 6) is 2.66. The van der Waals surface area contributed by atoms with Gasteiger partial charge in [-0.3, -0.25) is 0 Å². The Balaban J connectivity index is 2.23. The summed E-state index contributed by atoms with van der Waals surface area (Å²) in [6.45, 7) is 9.64. The molecule has 2 atom stereocenters. The van der Waals surface area contributed by atoms with Crippen LogP contribution in [0.15, 0.2) is 18.2 Å². The van der Waals surface area contributed by atoms with E-state index in [1.807, 2.05) is 0 Å². The van der Waals surface area contributed by atoms with E-state index in [9.17, 15) is 0 Å². The van der Waals surface area contributed by atoms with Crippen molar-refractivity contribution >= 4 is 11.0 Å². The molecule has 1 heterocycles. The van der Waals surface area contributed by atoms with Gasteiger partial charge in [0.25, 0.3) is 0 Å². The summed E-state index contributed by atoms with van der Waals surface area (Å²) >= 11 is 0. The van der Waals surface area contributed by atoms with Crippen LogP contribution in [-0.2, 0) is 12.1 Å². The number of nitrogens with two attached hydrogens (primary N) is 1. The Bertz CT molecular complexity index is 619. The number of nitrogens with zero attached hydrogens (tertiary/aromatic N) is 2. The molecule has 0 saturated heterocycles. The monoisotopic (exact) mass is 257 g/mol. The van der Waals surface area contributed by atoms with Crippen LogP contribution >= 0.6 is 0 Å². The van der Waals surface area contributed by atoms with Gasteiger partial charge in [-0.25, -0.2) is 4.98 Å². The first-order valence-electron chi connectivity index (χ1n) is 7.13. The Labute approximate surface area is 114 Å². The summed E-state index contributed by atoms with van der Waals surface area (Å²) in [6.07, 6.45) is 1.27. The standard InChI is InChI=1S/C16H23N3/c1-10-7-12(10)15-18-13-8-11(9-17)5-6-14(13)19(15)16(2,3)4/h5-6,8,10,12H,7,9,17H2,1-4H3. The Kier molecular flexibility index (Phi) is 2.72. The summed E-state index contributed by atoms with van der Waals surface area (Å²) in [6, 6.07) is 6.42. The highest BCUT2D eigenvalue weighted by Gasteiger charge is 2.39. The molecule has 3 rings (SSSR count). The minimum Gasteiger partial charge on any atom is -0.326 e. The van der Waals surface area contributed by atoms with Gasteiger partial charge in [0.2, 0.25) is 0 Å². The highest BCUT2D eigenvalue weighted by atomic mass is 15.1. The molecule has 1 aromatic heterocycles. The van der Waals surface area contributed by atoms with Crippen LogP contribution in [0, 0.1) is 5.92 Å². The zero-order valence-electron chi connectivity index (χ0n) is 12.3. The van der Waals surface area contributed by atoms with Crippen molar-refractivity contribution in [2.24, 2.45) is 11.7 Å². The highest BCUT2D eigenvalue weighted by molar-refractivity contribution is 5.77. The first-order valence-corrected chi connectivity index (χ1v) is 7.13. The maximum Gasteiger partial charge on any atom is 0.113 e. The molecule has 102 valence electrons. The molecule has 2 unspecified atom stereocenters. The van der Waals surface area contributed by atoms with Gasteiger partial charge in [-0.1, -0.05) is 13.0 Å². The van der Waals surface area contributed by atoms with Crippen molar-refractivity contribution < 1.29 is 0 Å². The topological polar surface area (TPSA) is 43.8 Å². The molecule has 1 aliphatic rings. The van der Waals surface area contributed by atoms with Gasteiger partial charge < -0.3 is 10.3 Å². The predicted molar refractivity (Wildman–Crippen MR) is 79.1 cm³/mol. The van der Waals surface area contributed by atoms with E-state index in [4.69, 9.17) is 10.7 Å². The molecule has 0 aliphatic heterocycles. The van der Waals surface area contributed by atoms with Gasteiger partial charge in [0.05, 0.1) is 11.0 Å². The SMILES string of the molecule is CC1CC1c1nc2cc(CN)ccc2n1C(C)(C)C. The molecule has 0 amide bonds. The number of hydrogen-bond acceptors (Lipinski definition) is 2. The van der Waals surface area contributed by atoms with E-state index in [1.165, 1.54) is 17.8 Å². The van der Waals surface area contributed by atoms with Crippen molar-refractivity contribution in [2.45, 2.75) is 52.1 Å². The van der Waals surface area contributed by atoms with Crippen LogP contribution in [0.4, 0.5) is 0 Å².